The smallest absolute Gasteiger partial charge is 0.328 e. The van der Waals surface area contributed by atoms with Crippen molar-refractivity contribution >= 4 is 35.1 Å². The van der Waals surface area contributed by atoms with E-state index in [9.17, 15) is 9.59 Å². The Morgan fingerprint density at radius 1 is 1.17 bits per heavy atom. The summed E-state index contributed by atoms with van der Waals surface area (Å²) in [6.45, 7) is 0. The van der Waals surface area contributed by atoms with Crippen molar-refractivity contribution in [2.75, 3.05) is 7.11 Å². The highest BCUT2D eigenvalue weighted by molar-refractivity contribution is 6.36. The molecule has 23 heavy (non-hydrogen) atoms. The van der Waals surface area contributed by atoms with Crippen molar-refractivity contribution in [1.29, 1.82) is 0 Å². The number of nitrogens with one attached hydrogen (secondary N) is 1. The normalized spacial score (nSPS) is 11.6. The SMILES string of the molecule is COC(=O)[C@@H](Cc1c(Cl)cccc1Cl)NC(=O)c1ccncc1. The molecule has 0 spiro atoms. The lowest BCUT2D eigenvalue weighted by atomic mass is 10.1. The van der Waals surface area contributed by atoms with Crippen LogP contribution in [0.2, 0.25) is 10.0 Å². The monoisotopic (exact) mass is 352 g/mol. The molecule has 0 radical (unpaired) electrons. The van der Waals surface area contributed by atoms with Crippen LogP contribution in [0.1, 0.15) is 15.9 Å². The fourth-order valence-electron chi connectivity index (χ4n) is 2.01. The minimum Gasteiger partial charge on any atom is -0.467 e. The van der Waals surface area contributed by atoms with Gasteiger partial charge in [0.15, 0.2) is 0 Å². The Hall–Kier alpha value is -2.11. The molecule has 0 aliphatic heterocycles. The van der Waals surface area contributed by atoms with E-state index < -0.39 is 17.9 Å². The van der Waals surface area contributed by atoms with Gasteiger partial charge >= 0.3 is 5.97 Å². The number of pyridine rings is 1. The standard InChI is InChI=1S/C16H14Cl2N2O3/c1-23-16(22)14(9-11-12(17)3-2-4-13(11)18)20-15(21)10-5-7-19-8-6-10/h2-8,14H,9H2,1H3,(H,20,21)/t14-/m1/s1. The first kappa shape index (κ1) is 17.2. The van der Waals surface area contributed by atoms with Crippen LogP contribution in [0, 0.1) is 0 Å². The van der Waals surface area contributed by atoms with E-state index in [1.807, 2.05) is 0 Å². The molecule has 0 fully saturated rings. The van der Waals surface area contributed by atoms with Crippen LogP contribution in [0.25, 0.3) is 0 Å². The van der Waals surface area contributed by atoms with Crippen molar-refractivity contribution in [3.05, 3.63) is 63.9 Å². The van der Waals surface area contributed by atoms with Crippen molar-refractivity contribution in [2.45, 2.75) is 12.5 Å². The zero-order chi connectivity index (χ0) is 16.8. The number of esters is 1. The zero-order valence-corrected chi connectivity index (χ0v) is 13.8. The Bertz CT molecular complexity index is 687. The van der Waals surface area contributed by atoms with Gasteiger partial charge in [-0.1, -0.05) is 29.3 Å². The van der Waals surface area contributed by atoms with E-state index in [4.69, 9.17) is 27.9 Å². The average Bonchev–Trinajstić information content (AvgIpc) is 2.57. The van der Waals surface area contributed by atoms with Crippen LogP contribution >= 0.6 is 23.2 Å². The van der Waals surface area contributed by atoms with Gasteiger partial charge in [-0.05, 0) is 29.8 Å². The van der Waals surface area contributed by atoms with Gasteiger partial charge < -0.3 is 10.1 Å². The summed E-state index contributed by atoms with van der Waals surface area (Å²) in [4.78, 5) is 28.0. The number of halogens is 2. The fraction of sp³-hybridized carbons (Fsp3) is 0.188. The maximum atomic E-state index is 12.2. The molecule has 5 nitrogen and oxygen atoms in total. The van der Waals surface area contributed by atoms with Crippen molar-refractivity contribution < 1.29 is 14.3 Å². The second-order valence-electron chi connectivity index (χ2n) is 4.69. The van der Waals surface area contributed by atoms with Crippen LogP contribution in [-0.4, -0.2) is 30.0 Å². The third-order valence-corrected chi connectivity index (χ3v) is 3.91. The molecule has 1 aromatic carbocycles. The number of benzene rings is 1. The van der Waals surface area contributed by atoms with Gasteiger partial charge in [0, 0.05) is 34.4 Å². The second kappa shape index (κ2) is 7.94. The number of hydrogen-bond acceptors (Lipinski definition) is 4. The molecular formula is C16H14Cl2N2O3. The predicted octanol–water partition coefficient (Wildman–Crippen LogP) is 2.90. The third-order valence-electron chi connectivity index (χ3n) is 3.20. The summed E-state index contributed by atoms with van der Waals surface area (Å²) in [7, 11) is 1.25. The zero-order valence-electron chi connectivity index (χ0n) is 12.3. The maximum absolute atomic E-state index is 12.2. The van der Waals surface area contributed by atoms with Gasteiger partial charge in [-0.25, -0.2) is 4.79 Å². The van der Waals surface area contributed by atoms with E-state index in [1.54, 1.807) is 30.3 Å². The molecule has 1 aromatic heterocycles. The Morgan fingerprint density at radius 2 is 1.78 bits per heavy atom. The van der Waals surface area contributed by atoms with Crippen LogP contribution in [-0.2, 0) is 16.0 Å². The molecule has 1 N–H and O–H groups in total. The number of hydrogen-bond donors (Lipinski definition) is 1. The van der Waals surface area contributed by atoms with E-state index >= 15 is 0 Å². The molecule has 1 amide bonds. The van der Waals surface area contributed by atoms with Crippen LogP contribution < -0.4 is 5.32 Å². The minimum absolute atomic E-state index is 0.127. The molecule has 0 bridgehead atoms. The summed E-state index contributed by atoms with van der Waals surface area (Å²) in [5.41, 5.74) is 0.959. The number of methoxy groups -OCH3 is 1. The van der Waals surface area contributed by atoms with Gasteiger partial charge in [0.25, 0.3) is 5.91 Å². The minimum atomic E-state index is -0.905. The van der Waals surface area contributed by atoms with E-state index in [1.165, 1.54) is 19.5 Å². The lowest BCUT2D eigenvalue weighted by Gasteiger charge is -2.18. The summed E-state index contributed by atoms with van der Waals surface area (Å²) < 4.78 is 4.75. The molecule has 120 valence electrons. The highest BCUT2D eigenvalue weighted by Gasteiger charge is 2.24. The molecule has 0 unspecified atom stereocenters. The van der Waals surface area contributed by atoms with Crippen molar-refractivity contribution in [3.8, 4) is 0 Å². The first-order chi connectivity index (χ1) is 11.0. The average molecular weight is 353 g/mol. The molecule has 0 aliphatic carbocycles. The van der Waals surface area contributed by atoms with Gasteiger partial charge in [0.1, 0.15) is 6.04 Å². The first-order valence-electron chi connectivity index (χ1n) is 6.74. The van der Waals surface area contributed by atoms with Crippen LogP contribution in [0.4, 0.5) is 0 Å². The highest BCUT2D eigenvalue weighted by atomic mass is 35.5. The van der Waals surface area contributed by atoms with Gasteiger partial charge in [-0.15, -0.1) is 0 Å². The summed E-state index contributed by atoms with van der Waals surface area (Å²) in [5, 5.41) is 3.47. The lowest BCUT2D eigenvalue weighted by Crippen LogP contribution is -2.43. The van der Waals surface area contributed by atoms with Crippen LogP contribution in [0.3, 0.4) is 0 Å². The van der Waals surface area contributed by atoms with Crippen LogP contribution in [0.15, 0.2) is 42.7 Å². The molecule has 0 aliphatic rings. The Kier molecular flexibility index (Phi) is 5.96. The van der Waals surface area contributed by atoms with Crippen LogP contribution in [0.5, 0.6) is 0 Å². The number of carbonyl (C=O) groups is 2. The maximum Gasteiger partial charge on any atom is 0.328 e. The first-order valence-corrected chi connectivity index (χ1v) is 7.50. The predicted molar refractivity (Wildman–Crippen MR) is 87.7 cm³/mol. The fourth-order valence-corrected chi connectivity index (χ4v) is 2.56. The molecular weight excluding hydrogens is 339 g/mol. The lowest BCUT2D eigenvalue weighted by molar-refractivity contribution is -0.142. The molecule has 1 atom stereocenters. The quantitative estimate of drug-likeness (QED) is 0.840. The van der Waals surface area contributed by atoms with E-state index in [0.717, 1.165) is 0 Å². The van der Waals surface area contributed by atoms with E-state index in [0.29, 0.717) is 21.2 Å². The summed E-state index contributed by atoms with van der Waals surface area (Å²) in [6, 6.07) is 7.23. The topological polar surface area (TPSA) is 68.3 Å². The highest BCUT2D eigenvalue weighted by Crippen LogP contribution is 2.25. The number of amides is 1. The largest absolute Gasteiger partial charge is 0.467 e. The number of carbonyl (C=O) groups excluding carboxylic acids is 2. The second-order valence-corrected chi connectivity index (χ2v) is 5.50. The molecule has 1 heterocycles. The van der Waals surface area contributed by atoms with Crippen molar-refractivity contribution in [1.82, 2.24) is 10.3 Å². The van der Waals surface area contributed by atoms with Gasteiger partial charge in [-0.2, -0.15) is 0 Å². The number of rotatable bonds is 5. The van der Waals surface area contributed by atoms with Gasteiger partial charge in [0.2, 0.25) is 0 Å². The summed E-state index contributed by atoms with van der Waals surface area (Å²) >= 11 is 12.2. The Labute approximate surface area is 143 Å². The van der Waals surface area contributed by atoms with E-state index in [2.05, 4.69) is 10.3 Å². The van der Waals surface area contributed by atoms with E-state index in [-0.39, 0.29) is 6.42 Å². The van der Waals surface area contributed by atoms with Gasteiger partial charge in [0.05, 0.1) is 7.11 Å². The molecule has 7 heteroatoms. The summed E-state index contributed by atoms with van der Waals surface area (Å²) in [6.07, 6.45) is 3.11. The number of nitrogens with zero attached hydrogens (tertiary/aromatic N) is 1. The molecule has 2 rings (SSSR count). The Morgan fingerprint density at radius 3 is 2.35 bits per heavy atom. The van der Waals surface area contributed by atoms with Crippen molar-refractivity contribution in [2.24, 2.45) is 0 Å². The van der Waals surface area contributed by atoms with Gasteiger partial charge in [-0.3, -0.25) is 9.78 Å². The summed E-state index contributed by atoms with van der Waals surface area (Å²) in [5.74, 6) is -0.991. The Balaban J connectivity index is 2.21. The van der Waals surface area contributed by atoms with Crippen molar-refractivity contribution in [3.63, 3.8) is 0 Å². The molecule has 2 aromatic rings. The molecule has 0 saturated heterocycles. The third kappa shape index (κ3) is 4.43. The number of aromatic nitrogens is 1. The number of ether oxygens (including phenoxy) is 1. The molecule has 0 saturated carbocycles.